The molecule has 27 heavy (non-hydrogen) atoms. The first-order valence-corrected chi connectivity index (χ1v) is 9.04. The Balaban J connectivity index is 1.81. The van der Waals surface area contributed by atoms with E-state index < -0.39 is 0 Å². The highest BCUT2D eigenvalue weighted by atomic mass is 16.5. The second kappa shape index (κ2) is 7.66. The van der Waals surface area contributed by atoms with E-state index in [9.17, 15) is 4.79 Å². The number of ether oxygens (including phenoxy) is 1. The van der Waals surface area contributed by atoms with Gasteiger partial charge in [0, 0.05) is 35.1 Å². The zero-order valence-electron chi connectivity index (χ0n) is 16.2. The lowest BCUT2D eigenvalue weighted by molar-refractivity contribution is 0.0955. The minimum absolute atomic E-state index is 0.185. The fraction of sp³-hybridized carbons (Fsp3) is 0.273. The predicted octanol–water partition coefficient (Wildman–Crippen LogP) is 4.11. The molecule has 1 heterocycles. The van der Waals surface area contributed by atoms with E-state index in [0.29, 0.717) is 5.56 Å². The number of hydrogen-bond acceptors (Lipinski definition) is 4. The molecule has 140 valence electrons. The number of allylic oxidation sites excluding steroid dienone is 2. The number of hydrogen-bond donors (Lipinski definition) is 1. The van der Waals surface area contributed by atoms with Crippen LogP contribution in [0.3, 0.4) is 0 Å². The van der Waals surface area contributed by atoms with E-state index in [2.05, 4.69) is 48.3 Å². The molecule has 1 aliphatic rings. The first-order valence-electron chi connectivity index (χ1n) is 9.04. The van der Waals surface area contributed by atoms with Crippen molar-refractivity contribution >= 4 is 17.8 Å². The molecule has 0 aromatic heterocycles. The van der Waals surface area contributed by atoms with Crippen LogP contribution in [0.2, 0.25) is 0 Å². The molecule has 2 aromatic rings. The molecule has 0 radical (unpaired) electrons. The van der Waals surface area contributed by atoms with Gasteiger partial charge in [-0.15, -0.1) is 0 Å². The fourth-order valence-electron chi connectivity index (χ4n) is 3.48. The average Bonchev–Trinajstić information content (AvgIpc) is 2.91. The minimum Gasteiger partial charge on any atom is -0.497 e. The number of benzene rings is 2. The number of likely N-dealkylation sites (N-methyl/N-ethyl adjacent to an activating group) is 1. The average molecular weight is 363 g/mol. The number of amides is 1. The lowest BCUT2D eigenvalue weighted by atomic mass is 9.83. The first kappa shape index (κ1) is 18.7. The number of nitrogens with one attached hydrogen (secondary N) is 1. The van der Waals surface area contributed by atoms with Crippen molar-refractivity contribution in [3.05, 3.63) is 71.4 Å². The van der Waals surface area contributed by atoms with Crippen molar-refractivity contribution in [1.82, 2.24) is 5.43 Å². The van der Waals surface area contributed by atoms with Crippen molar-refractivity contribution in [2.75, 3.05) is 18.6 Å². The van der Waals surface area contributed by atoms with Crippen LogP contribution < -0.4 is 15.1 Å². The van der Waals surface area contributed by atoms with Gasteiger partial charge in [-0.05, 0) is 48.9 Å². The summed E-state index contributed by atoms with van der Waals surface area (Å²) in [4.78, 5) is 14.3. The molecule has 0 saturated carbocycles. The van der Waals surface area contributed by atoms with Crippen LogP contribution >= 0.6 is 0 Å². The second-order valence-electron chi connectivity index (χ2n) is 6.89. The molecule has 0 spiro atoms. The number of anilines is 1. The Morgan fingerprint density at radius 1 is 1.22 bits per heavy atom. The lowest BCUT2D eigenvalue weighted by Gasteiger charge is -2.25. The normalized spacial score (nSPS) is 16.6. The number of rotatable bonds is 5. The van der Waals surface area contributed by atoms with Gasteiger partial charge in [-0.3, -0.25) is 4.79 Å². The summed E-state index contributed by atoms with van der Waals surface area (Å²) in [6, 6.07) is 15.2. The van der Waals surface area contributed by atoms with Gasteiger partial charge in [-0.25, -0.2) is 5.43 Å². The van der Waals surface area contributed by atoms with Gasteiger partial charge < -0.3 is 9.64 Å². The molecule has 0 aliphatic carbocycles. The third-order valence-electron chi connectivity index (χ3n) is 4.92. The zero-order valence-corrected chi connectivity index (χ0v) is 16.2. The van der Waals surface area contributed by atoms with Crippen LogP contribution in [0, 0.1) is 0 Å². The molecule has 0 saturated heterocycles. The maximum absolute atomic E-state index is 12.1. The molecule has 5 nitrogen and oxygen atoms in total. The van der Waals surface area contributed by atoms with Crippen LogP contribution in [0.25, 0.3) is 0 Å². The van der Waals surface area contributed by atoms with Crippen molar-refractivity contribution < 1.29 is 9.53 Å². The monoisotopic (exact) mass is 363 g/mol. The van der Waals surface area contributed by atoms with Crippen molar-refractivity contribution in [2.24, 2.45) is 5.10 Å². The Kier molecular flexibility index (Phi) is 5.31. The zero-order chi connectivity index (χ0) is 19.4. The van der Waals surface area contributed by atoms with Gasteiger partial charge in [0.25, 0.3) is 5.91 Å². The summed E-state index contributed by atoms with van der Waals surface area (Å²) in [6.45, 7) is 7.34. The molecular weight excluding hydrogens is 338 g/mol. The SMILES string of the molecule is CCN1C(=CC=NNC(=O)c2ccccc2)C(C)(C)c2cc(OC)ccc21. The Hall–Kier alpha value is -3.08. The molecule has 0 fully saturated rings. The molecule has 1 aliphatic heterocycles. The number of carbonyl (C=O) groups is 1. The van der Waals surface area contributed by atoms with E-state index in [0.717, 1.165) is 18.0 Å². The van der Waals surface area contributed by atoms with E-state index in [1.807, 2.05) is 30.3 Å². The fourth-order valence-corrected chi connectivity index (χ4v) is 3.48. The van der Waals surface area contributed by atoms with Crippen LogP contribution in [0.1, 0.15) is 36.7 Å². The Bertz CT molecular complexity index is 886. The summed E-state index contributed by atoms with van der Waals surface area (Å²) in [5, 5.41) is 4.09. The molecule has 0 bridgehead atoms. The van der Waals surface area contributed by atoms with Crippen LogP contribution in [-0.2, 0) is 5.41 Å². The van der Waals surface area contributed by atoms with Gasteiger partial charge in [0.05, 0.1) is 7.11 Å². The summed E-state index contributed by atoms with van der Waals surface area (Å²) in [6.07, 6.45) is 3.60. The van der Waals surface area contributed by atoms with E-state index in [4.69, 9.17) is 4.74 Å². The predicted molar refractivity (Wildman–Crippen MR) is 110 cm³/mol. The number of nitrogens with zero attached hydrogens (tertiary/aromatic N) is 2. The van der Waals surface area contributed by atoms with Crippen LogP contribution in [0.15, 0.2) is 65.4 Å². The van der Waals surface area contributed by atoms with Gasteiger partial charge in [0.2, 0.25) is 0 Å². The van der Waals surface area contributed by atoms with E-state index in [1.54, 1.807) is 25.5 Å². The van der Waals surface area contributed by atoms with Gasteiger partial charge in [-0.1, -0.05) is 32.0 Å². The van der Waals surface area contributed by atoms with Crippen LogP contribution in [0.4, 0.5) is 5.69 Å². The third kappa shape index (κ3) is 3.58. The Morgan fingerprint density at radius 3 is 2.63 bits per heavy atom. The number of hydrazone groups is 1. The summed E-state index contributed by atoms with van der Waals surface area (Å²) < 4.78 is 5.39. The minimum atomic E-state index is -0.226. The van der Waals surface area contributed by atoms with Crippen LogP contribution in [-0.4, -0.2) is 25.8 Å². The first-order chi connectivity index (χ1) is 13.0. The van der Waals surface area contributed by atoms with Crippen molar-refractivity contribution in [3.63, 3.8) is 0 Å². The van der Waals surface area contributed by atoms with Gasteiger partial charge in [0.15, 0.2) is 0 Å². The highest BCUT2D eigenvalue weighted by Gasteiger charge is 2.39. The second-order valence-corrected chi connectivity index (χ2v) is 6.89. The molecule has 1 N–H and O–H groups in total. The summed E-state index contributed by atoms with van der Waals surface area (Å²) in [5.41, 5.74) is 6.49. The summed E-state index contributed by atoms with van der Waals surface area (Å²) in [5.74, 6) is 0.624. The number of carbonyl (C=O) groups excluding carboxylic acids is 1. The van der Waals surface area contributed by atoms with Crippen molar-refractivity contribution in [3.8, 4) is 5.75 Å². The maximum atomic E-state index is 12.1. The third-order valence-corrected chi connectivity index (χ3v) is 4.92. The molecule has 5 heteroatoms. The Labute approximate surface area is 160 Å². The standard InChI is InChI=1S/C22H25N3O2/c1-5-25-19-12-11-17(27-4)15-18(19)22(2,3)20(25)13-14-23-24-21(26)16-9-7-6-8-10-16/h6-15H,5H2,1-4H3,(H,24,26). The van der Waals surface area contributed by atoms with Crippen molar-refractivity contribution in [2.45, 2.75) is 26.2 Å². The molecule has 0 unspecified atom stereocenters. The van der Waals surface area contributed by atoms with E-state index in [-0.39, 0.29) is 11.3 Å². The topological polar surface area (TPSA) is 53.9 Å². The Morgan fingerprint density at radius 2 is 1.96 bits per heavy atom. The van der Waals surface area contributed by atoms with Crippen molar-refractivity contribution in [1.29, 1.82) is 0 Å². The largest absolute Gasteiger partial charge is 0.497 e. The van der Waals surface area contributed by atoms with Gasteiger partial charge in [-0.2, -0.15) is 5.10 Å². The van der Waals surface area contributed by atoms with Gasteiger partial charge >= 0.3 is 0 Å². The molecular formula is C22H25N3O2. The molecule has 3 rings (SSSR count). The highest BCUT2D eigenvalue weighted by molar-refractivity contribution is 5.94. The van der Waals surface area contributed by atoms with Gasteiger partial charge in [0.1, 0.15) is 5.75 Å². The molecule has 2 aromatic carbocycles. The summed E-state index contributed by atoms with van der Waals surface area (Å²) in [7, 11) is 1.68. The molecule has 1 amide bonds. The lowest BCUT2D eigenvalue weighted by Crippen LogP contribution is -2.26. The van der Waals surface area contributed by atoms with E-state index >= 15 is 0 Å². The smallest absolute Gasteiger partial charge is 0.271 e. The van der Waals surface area contributed by atoms with E-state index in [1.165, 1.54) is 11.3 Å². The molecule has 0 atom stereocenters. The number of fused-ring (bicyclic) bond motifs is 1. The quantitative estimate of drug-likeness (QED) is 0.642. The van der Waals surface area contributed by atoms with Crippen LogP contribution in [0.5, 0.6) is 5.75 Å². The highest BCUT2D eigenvalue weighted by Crippen LogP contribution is 2.48. The maximum Gasteiger partial charge on any atom is 0.271 e. The summed E-state index contributed by atoms with van der Waals surface area (Å²) >= 11 is 0. The number of methoxy groups -OCH3 is 1.